The second-order valence-corrected chi connectivity index (χ2v) is 7.73. The summed E-state index contributed by atoms with van der Waals surface area (Å²) in [6.07, 6.45) is 5.21. The normalized spacial score (nSPS) is 22.0. The van der Waals surface area contributed by atoms with Crippen molar-refractivity contribution < 1.29 is 0 Å². The largest absolute Gasteiger partial charge is 0.389 e. The summed E-state index contributed by atoms with van der Waals surface area (Å²) >= 11 is 7.15. The zero-order chi connectivity index (χ0) is 15.4. The van der Waals surface area contributed by atoms with Crippen molar-refractivity contribution in [1.29, 1.82) is 0 Å². The van der Waals surface area contributed by atoms with Crippen LogP contribution in [0.3, 0.4) is 0 Å². The molecule has 1 saturated carbocycles. The smallest absolute Gasteiger partial charge is 0.107 e. The summed E-state index contributed by atoms with van der Waals surface area (Å²) in [4.78, 5) is 4.12. The number of rotatable bonds is 5. The van der Waals surface area contributed by atoms with Crippen molar-refractivity contribution in [3.8, 4) is 0 Å². The van der Waals surface area contributed by atoms with Crippen molar-refractivity contribution in [3.05, 3.63) is 23.8 Å². The van der Waals surface area contributed by atoms with Crippen LogP contribution >= 0.6 is 24.0 Å². The summed E-state index contributed by atoms with van der Waals surface area (Å²) in [5, 5.41) is 0. The fourth-order valence-corrected chi connectivity index (χ4v) is 4.41. The minimum absolute atomic E-state index is 0.511. The molecular formula is C17H26N2S2. The highest BCUT2D eigenvalue weighted by Crippen LogP contribution is 2.35. The van der Waals surface area contributed by atoms with Gasteiger partial charge in [-0.2, -0.15) is 0 Å². The number of benzene rings is 1. The van der Waals surface area contributed by atoms with Gasteiger partial charge in [0, 0.05) is 29.2 Å². The fourth-order valence-electron chi connectivity index (χ4n) is 3.29. The maximum absolute atomic E-state index is 6.03. The molecule has 0 aromatic heterocycles. The predicted octanol–water partition coefficient (Wildman–Crippen LogP) is 4.45. The standard InChI is InChI=1S/C17H26N2S2/c1-4-21-15-10-6-9-14(16(15)17(18)20)19(3)13-8-5-7-12(2)11-13/h6,9-10,12-13H,4-5,7-8,11H2,1-3H3,(H2,18,20). The van der Waals surface area contributed by atoms with Crippen LogP contribution in [-0.2, 0) is 0 Å². The topological polar surface area (TPSA) is 29.3 Å². The number of thiocarbonyl (C=S) groups is 1. The molecule has 2 atom stereocenters. The van der Waals surface area contributed by atoms with E-state index in [0.29, 0.717) is 11.0 Å². The molecule has 116 valence electrons. The van der Waals surface area contributed by atoms with Crippen molar-refractivity contribution in [2.75, 3.05) is 17.7 Å². The average Bonchev–Trinajstić information content (AvgIpc) is 2.46. The van der Waals surface area contributed by atoms with Gasteiger partial charge in [-0.3, -0.25) is 0 Å². The Balaban J connectivity index is 2.33. The van der Waals surface area contributed by atoms with Crippen molar-refractivity contribution in [3.63, 3.8) is 0 Å². The van der Waals surface area contributed by atoms with Crippen molar-refractivity contribution in [2.24, 2.45) is 11.7 Å². The maximum Gasteiger partial charge on any atom is 0.107 e. The van der Waals surface area contributed by atoms with Gasteiger partial charge in [0.25, 0.3) is 0 Å². The molecule has 0 radical (unpaired) electrons. The van der Waals surface area contributed by atoms with Gasteiger partial charge in [-0.05, 0) is 36.6 Å². The van der Waals surface area contributed by atoms with E-state index >= 15 is 0 Å². The van der Waals surface area contributed by atoms with E-state index in [1.54, 1.807) is 0 Å². The van der Waals surface area contributed by atoms with E-state index in [-0.39, 0.29) is 0 Å². The van der Waals surface area contributed by atoms with Crippen LogP contribution in [0.2, 0.25) is 0 Å². The van der Waals surface area contributed by atoms with Gasteiger partial charge in [-0.25, -0.2) is 0 Å². The second-order valence-electron chi connectivity index (χ2n) is 5.98. The zero-order valence-electron chi connectivity index (χ0n) is 13.3. The van der Waals surface area contributed by atoms with Gasteiger partial charge >= 0.3 is 0 Å². The Bertz CT molecular complexity index is 502. The summed E-state index contributed by atoms with van der Waals surface area (Å²) in [6, 6.07) is 7.01. The highest BCUT2D eigenvalue weighted by Gasteiger charge is 2.25. The molecule has 0 heterocycles. The molecule has 1 aliphatic rings. The van der Waals surface area contributed by atoms with Crippen LogP contribution < -0.4 is 10.6 Å². The van der Waals surface area contributed by atoms with E-state index in [4.69, 9.17) is 18.0 Å². The Labute approximate surface area is 138 Å². The lowest BCUT2D eigenvalue weighted by molar-refractivity contribution is 0.336. The third kappa shape index (κ3) is 3.92. The first-order valence-corrected chi connectivity index (χ1v) is 9.22. The van der Waals surface area contributed by atoms with E-state index in [0.717, 1.165) is 17.2 Å². The van der Waals surface area contributed by atoms with E-state index < -0.39 is 0 Å². The number of anilines is 1. The zero-order valence-corrected chi connectivity index (χ0v) is 14.9. The van der Waals surface area contributed by atoms with Crippen molar-refractivity contribution >= 4 is 34.7 Å². The Morgan fingerprint density at radius 1 is 1.43 bits per heavy atom. The molecule has 0 saturated heterocycles. The fraction of sp³-hybridized carbons (Fsp3) is 0.588. The third-order valence-corrected chi connectivity index (χ3v) is 5.53. The summed E-state index contributed by atoms with van der Waals surface area (Å²) < 4.78 is 0. The molecular weight excluding hydrogens is 296 g/mol. The van der Waals surface area contributed by atoms with Crippen LogP contribution in [0.1, 0.15) is 45.1 Å². The molecule has 0 spiro atoms. The molecule has 2 rings (SSSR count). The molecule has 2 nitrogen and oxygen atoms in total. The van der Waals surface area contributed by atoms with Gasteiger partial charge in [0.1, 0.15) is 4.99 Å². The van der Waals surface area contributed by atoms with E-state index in [9.17, 15) is 0 Å². The third-order valence-electron chi connectivity index (χ3n) is 4.39. The lowest BCUT2D eigenvalue weighted by Gasteiger charge is -2.36. The summed E-state index contributed by atoms with van der Waals surface area (Å²) in [7, 11) is 2.19. The van der Waals surface area contributed by atoms with Gasteiger partial charge in [0.15, 0.2) is 0 Å². The maximum atomic E-state index is 6.03. The van der Waals surface area contributed by atoms with Gasteiger partial charge in [-0.15, -0.1) is 11.8 Å². The highest BCUT2D eigenvalue weighted by molar-refractivity contribution is 7.99. The van der Waals surface area contributed by atoms with Gasteiger partial charge in [0.05, 0.1) is 0 Å². The molecule has 1 aromatic rings. The number of nitrogens with zero attached hydrogens (tertiary/aromatic N) is 1. The quantitative estimate of drug-likeness (QED) is 0.641. The molecule has 1 fully saturated rings. The molecule has 1 aliphatic carbocycles. The SMILES string of the molecule is CCSc1cccc(N(C)C2CCCC(C)C2)c1C(N)=S. The molecule has 4 heteroatoms. The van der Waals surface area contributed by atoms with Crippen molar-refractivity contribution in [1.82, 2.24) is 0 Å². The first-order valence-electron chi connectivity index (χ1n) is 7.83. The van der Waals surface area contributed by atoms with Crippen LogP contribution in [0.4, 0.5) is 5.69 Å². The van der Waals surface area contributed by atoms with Crippen molar-refractivity contribution in [2.45, 2.75) is 50.5 Å². The minimum Gasteiger partial charge on any atom is -0.389 e. The molecule has 2 N–H and O–H groups in total. The molecule has 2 unspecified atom stereocenters. The molecule has 0 bridgehead atoms. The Kier molecular flexibility index (Phi) is 5.94. The Hall–Kier alpha value is -0.740. The van der Waals surface area contributed by atoms with Gasteiger partial charge in [0.2, 0.25) is 0 Å². The summed E-state index contributed by atoms with van der Waals surface area (Å²) in [5.41, 5.74) is 8.28. The molecule has 1 aromatic carbocycles. The number of nitrogens with two attached hydrogens (primary N) is 1. The van der Waals surface area contributed by atoms with Gasteiger partial charge in [-0.1, -0.05) is 45.0 Å². The Morgan fingerprint density at radius 3 is 2.81 bits per heavy atom. The Morgan fingerprint density at radius 2 is 2.19 bits per heavy atom. The average molecular weight is 323 g/mol. The van der Waals surface area contributed by atoms with Crippen LogP contribution in [0.5, 0.6) is 0 Å². The van der Waals surface area contributed by atoms with Crippen LogP contribution in [0.15, 0.2) is 23.1 Å². The highest BCUT2D eigenvalue weighted by atomic mass is 32.2. The van der Waals surface area contributed by atoms with Crippen LogP contribution in [0.25, 0.3) is 0 Å². The first kappa shape index (κ1) is 16.6. The summed E-state index contributed by atoms with van der Waals surface area (Å²) in [6.45, 7) is 4.52. The van der Waals surface area contributed by atoms with Crippen LogP contribution in [-0.4, -0.2) is 23.8 Å². The van der Waals surface area contributed by atoms with Crippen LogP contribution in [0, 0.1) is 5.92 Å². The first-order chi connectivity index (χ1) is 10.0. The lowest BCUT2D eigenvalue weighted by Crippen LogP contribution is -2.36. The minimum atomic E-state index is 0.511. The van der Waals surface area contributed by atoms with E-state index in [1.165, 1.54) is 36.3 Å². The predicted molar refractivity (Wildman–Crippen MR) is 98.6 cm³/mol. The van der Waals surface area contributed by atoms with E-state index in [2.05, 4.69) is 44.0 Å². The number of hydrogen-bond donors (Lipinski definition) is 1. The molecule has 21 heavy (non-hydrogen) atoms. The second kappa shape index (κ2) is 7.50. The van der Waals surface area contributed by atoms with Gasteiger partial charge < -0.3 is 10.6 Å². The number of thioether (sulfide) groups is 1. The lowest BCUT2D eigenvalue weighted by atomic mass is 9.86. The van der Waals surface area contributed by atoms with E-state index in [1.807, 2.05) is 11.8 Å². The molecule has 0 amide bonds. The summed E-state index contributed by atoms with van der Waals surface area (Å²) in [5.74, 6) is 1.84. The molecule has 0 aliphatic heterocycles. The monoisotopic (exact) mass is 322 g/mol. The number of hydrogen-bond acceptors (Lipinski definition) is 3.